The molecule has 54 valence electrons. The first-order chi connectivity index (χ1) is 4.31. The lowest BCUT2D eigenvalue weighted by molar-refractivity contribution is 0.767. The van der Waals surface area contributed by atoms with E-state index in [4.69, 9.17) is 0 Å². The van der Waals surface area contributed by atoms with Crippen LogP contribution >= 0.6 is 25.3 Å². The Morgan fingerprint density at radius 1 is 1.78 bits per heavy atom. The first-order valence-electron chi connectivity index (χ1n) is 2.85. The number of aliphatic imine (C=N–C) groups is 1. The van der Waals surface area contributed by atoms with Crippen LogP contribution in [-0.4, -0.2) is 17.6 Å². The Bertz CT molecular complexity index is 85.0. The van der Waals surface area contributed by atoms with Crippen LogP contribution in [0.3, 0.4) is 0 Å². The van der Waals surface area contributed by atoms with Gasteiger partial charge in [0.25, 0.3) is 0 Å². The van der Waals surface area contributed by atoms with Crippen LogP contribution in [0.15, 0.2) is 4.99 Å². The van der Waals surface area contributed by atoms with Crippen LogP contribution in [0.5, 0.6) is 0 Å². The summed E-state index contributed by atoms with van der Waals surface area (Å²) < 4.78 is 0. The zero-order valence-corrected chi connectivity index (χ0v) is 7.20. The third-order valence-corrected chi connectivity index (χ3v) is 1.20. The van der Waals surface area contributed by atoms with E-state index in [1.165, 1.54) is 0 Å². The van der Waals surface area contributed by atoms with Crippen molar-refractivity contribution < 1.29 is 0 Å². The van der Waals surface area contributed by atoms with Gasteiger partial charge in [-0.15, -0.1) is 12.6 Å². The molecule has 0 bridgehead atoms. The van der Waals surface area contributed by atoms with Gasteiger partial charge in [-0.1, -0.05) is 6.92 Å². The highest BCUT2D eigenvalue weighted by Crippen LogP contribution is 1.90. The van der Waals surface area contributed by atoms with Crippen molar-refractivity contribution in [2.45, 2.75) is 18.8 Å². The van der Waals surface area contributed by atoms with Crippen molar-refractivity contribution in [3.05, 3.63) is 0 Å². The molecule has 0 saturated heterocycles. The third kappa shape index (κ3) is 6.21. The molecule has 0 spiro atoms. The molecule has 1 N–H and O–H groups in total. The van der Waals surface area contributed by atoms with Crippen LogP contribution in [0.2, 0.25) is 0 Å². The van der Waals surface area contributed by atoms with E-state index in [0.29, 0.717) is 5.88 Å². The van der Waals surface area contributed by atoms with Gasteiger partial charge >= 0.3 is 0 Å². The summed E-state index contributed by atoms with van der Waals surface area (Å²) >= 11 is 8.03. The molecule has 0 heterocycles. The van der Waals surface area contributed by atoms with Crippen molar-refractivity contribution >= 4 is 31.5 Å². The minimum atomic E-state index is -0.0950. The number of hydrogen-bond donors (Lipinski definition) is 3. The molecule has 0 saturated carbocycles. The molecule has 0 aliphatic carbocycles. The number of thiol groups is 2. The first-order valence-corrected chi connectivity index (χ1v) is 4.00. The van der Waals surface area contributed by atoms with Crippen molar-refractivity contribution in [1.29, 1.82) is 0 Å². The van der Waals surface area contributed by atoms with Gasteiger partial charge in [-0.2, -0.15) is 12.6 Å². The van der Waals surface area contributed by atoms with Crippen LogP contribution in [0, 0.1) is 0 Å². The van der Waals surface area contributed by atoms with E-state index >= 15 is 0 Å². The van der Waals surface area contributed by atoms with E-state index in [1.54, 1.807) is 0 Å². The normalized spacial score (nSPS) is 14.6. The Morgan fingerprint density at radius 3 is 2.89 bits per heavy atom. The fourth-order valence-electron chi connectivity index (χ4n) is 0.340. The predicted octanol–water partition coefficient (Wildman–Crippen LogP) is 1.16. The molecule has 9 heavy (non-hydrogen) atoms. The Kier molecular flexibility index (Phi) is 6.69. The smallest absolute Gasteiger partial charge is 0.144 e. The maximum absolute atomic E-state index is 4.09. The lowest BCUT2D eigenvalue weighted by Crippen LogP contribution is -2.19. The van der Waals surface area contributed by atoms with Crippen LogP contribution < -0.4 is 5.32 Å². The minimum Gasteiger partial charge on any atom is -0.279 e. The fourth-order valence-corrected chi connectivity index (χ4v) is 0.842. The second-order valence-electron chi connectivity index (χ2n) is 1.48. The van der Waals surface area contributed by atoms with E-state index in [-0.39, 0.29) is 5.50 Å². The van der Waals surface area contributed by atoms with Gasteiger partial charge in [0.2, 0.25) is 0 Å². The predicted molar refractivity (Wildman–Crippen MR) is 48.5 cm³/mol. The minimum absolute atomic E-state index is 0.0950. The van der Waals surface area contributed by atoms with Gasteiger partial charge < -0.3 is 0 Å². The molecular weight excluding hydrogens is 152 g/mol. The number of hydrogen-bond acceptors (Lipinski definition) is 4. The molecule has 0 aromatic heterocycles. The second kappa shape index (κ2) is 6.45. The monoisotopic (exact) mass is 164 g/mol. The molecule has 0 amide bonds. The van der Waals surface area contributed by atoms with E-state index in [1.807, 2.05) is 13.1 Å². The molecule has 0 rings (SSSR count). The van der Waals surface area contributed by atoms with Gasteiger partial charge in [-0.05, 0) is 6.42 Å². The molecule has 2 nitrogen and oxygen atoms in total. The van der Waals surface area contributed by atoms with Crippen molar-refractivity contribution in [3.8, 4) is 0 Å². The van der Waals surface area contributed by atoms with Gasteiger partial charge in [-0.3, -0.25) is 10.3 Å². The molecule has 0 radical (unpaired) electrons. The second-order valence-corrected chi connectivity index (χ2v) is 2.28. The molecular formula is C5H12N2S2. The Balaban J connectivity index is 3.25. The van der Waals surface area contributed by atoms with Crippen LogP contribution in [0.1, 0.15) is 13.3 Å². The molecule has 1 unspecified atom stereocenters. The quantitative estimate of drug-likeness (QED) is 0.324. The average molecular weight is 164 g/mol. The Hall–Kier alpha value is 0.330. The number of nitrogens with one attached hydrogen (secondary N) is 1. The molecule has 0 aromatic carbocycles. The molecule has 0 aliphatic heterocycles. The zero-order valence-electron chi connectivity index (χ0n) is 5.41. The zero-order chi connectivity index (χ0) is 7.11. The van der Waals surface area contributed by atoms with Crippen LogP contribution in [-0.2, 0) is 0 Å². The lowest BCUT2D eigenvalue weighted by atomic mass is 10.5. The van der Waals surface area contributed by atoms with Gasteiger partial charge in [-0.25, -0.2) is 0 Å². The topological polar surface area (TPSA) is 24.4 Å². The highest BCUT2D eigenvalue weighted by atomic mass is 32.1. The third-order valence-electron chi connectivity index (χ3n) is 0.703. The van der Waals surface area contributed by atoms with Crippen molar-refractivity contribution in [1.82, 2.24) is 5.32 Å². The van der Waals surface area contributed by atoms with E-state index in [0.717, 1.165) is 6.42 Å². The summed E-state index contributed by atoms with van der Waals surface area (Å²) in [5, 5.41) is 2.91. The highest BCUT2D eigenvalue weighted by Gasteiger charge is 1.90. The number of nitrogens with zero attached hydrogens (tertiary/aromatic N) is 1. The average Bonchev–Trinajstić information content (AvgIpc) is 1.85. The molecule has 0 aliphatic rings. The summed E-state index contributed by atoms with van der Waals surface area (Å²) in [4.78, 5) is 4.01. The Morgan fingerprint density at radius 2 is 2.44 bits per heavy atom. The van der Waals surface area contributed by atoms with Crippen LogP contribution in [0.25, 0.3) is 0 Å². The molecule has 1 atom stereocenters. The van der Waals surface area contributed by atoms with Gasteiger partial charge in [0.05, 0.1) is 0 Å². The van der Waals surface area contributed by atoms with Crippen molar-refractivity contribution in [2.24, 2.45) is 4.99 Å². The van der Waals surface area contributed by atoms with E-state index in [9.17, 15) is 0 Å². The summed E-state index contributed by atoms with van der Waals surface area (Å²) in [6, 6.07) is 0. The van der Waals surface area contributed by atoms with Crippen molar-refractivity contribution in [3.63, 3.8) is 0 Å². The lowest BCUT2D eigenvalue weighted by Gasteiger charge is -2.02. The van der Waals surface area contributed by atoms with Gasteiger partial charge in [0.1, 0.15) is 5.50 Å². The largest absolute Gasteiger partial charge is 0.279 e. The Labute approximate surface area is 67.0 Å². The van der Waals surface area contributed by atoms with Crippen LogP contribution in [0.4, 0.5) is 0 Å². The molecule has 0 fully saturated rings. The highest BCUT2D eigenvalue weighted by molar-refractivity contribution is 7.81. The standard InChI is InChI=1S/C5H12N2S2/c1-2-3-6-5(9)7-4-8/h3,5,7-9H,2,4H2,1H3/b6-3-. The van der Waals surface area contributed by atoms with E-state index < -0.39 is 0 Å². The van der Waals surface area contributed by atoms with Gasteiger partial charge in [0, 0.05) is 12.1 Å². The summed E-state index contributed by atoms with van der Waals surface area (Å²) in [6.45, 7) is 2.03. The SMILES string of the molecule is CC/C=N\C(S)NCS. The molecule has 4 heteroatoms. The summed E-state index contributed by atoms with van der Waals surface area (Å²) in [6.07, 6.45) is 2.78. The molecule has 0 aromatic rings. The summed E-state index contributed by atoms with van der Waals surface area (Å²) in [5.74, 6) is 0.606. The maximum Gasteiger partial charge on any atom is 0.144 e. The summed E-state index contributed by atoms with van der Waals surface area (Å²) in [5.41, 5.74) is -0.0950. The number of rotatable bonds is 4. The maximum atomic E-state index is 4.09. The van der Waals surface area contributed by atoms with Crippen molar-refractivity contribution in [2.75, 3.05) is 5.88 Å². The van der Waals surface area contributed by atoms with E-state index in [2.05, 4.69) is 35.6 Å². The first kappa shape index (κ1) is 9.33. The fraction of sp³-hybridized carbons (Fsp3) is 0.800. The summed E-state index contributed by atoms with van der Waals surface area (Å²) in [7, 11) is 0. The van der Waals surface area contributed by atoms with Gasteiger partial charge in [0.15, 0.2) is 0 Å².